The first kappa shape index (κ1) is 20.7. The van der Waals surface area contributed by atoms with Gasteiger partial charge in [0.2, 0.25) is 0 Å². The summed E-state index contributed by atoms with van der Waals surface area (Å²) in [4.78, 5) is 0. The molecule has 21 heavy (non-hydrogen) atoms. The van der Waals surface area contributed by atoms with Crippen LogP contribution in [0.3, 0.4) is 0 Å². The van der Waals surface area contributed by atoms with Gasteiger partial charge in [0, 0.05) is 26.7 Å². The van der Waals surface area contributed by atoms with Crippen LogP contribution >= 0.6 is 79.6 Å². The molecule has 0 amide bonds. The number of rotatable bonds is 10. The average molecular weight is 613 g/mol. The monoisotopic (exact) mass is 608 g/mol. The molecule has 0 atom stereocenters. The summed E-state index contributed by atoms with van der Waals surface area (Å²) in [7, 11) is 0. The molecule has 120 valence electrons. The Bertz CT molecular complexity index is 397. The maximum absolute atomic E-state index is 3.64. The number of benzene rings is 1. The third kappa shape index (κ3) is 6.21. The quantitative estimate of drug-likeness (QED) is 0.270. The lowest BCUT2D eigenvalue weighted by Gasteiger charge is -2.21. The van der Waals surface area contributed by atoms with Gasteiger partial charge in [-0.2, -0.15) is 0 Å². The van der Waals surface area contributed by atoms with Crippen molar-refractivity contribution in [3.05, 3.63) is 33.9 Å². The van der Waals surface area contributed by atoms with Crippen molar-refractivity contribution in [2.75, 3.05) is 26.7 Å². The average Bonchev–Trinajstić information content (AvgIpc) is 2.47. The van der Waals surface area contributed by atoms with Gasteiger partial charge in [0.1, 0.15) is 0 Å². The molecule has 0 bridgehead atoms. The summed E-state index contributed by atoms with van der Waals surface area (Å²) < 4.78 is 0. The van der Waals surface area contributed by atoms with E-state index < -0.39 is 0 Å². The second kappa shape index (κ2) is 12.0. The summed E-state index contributed by atoms with van der Waals surface area (Å²) in [5.41, 5.74) is 7.77. The van der Waals surface area contributed by atoms with Crippen LogP contribution in [0.5, 0.6) is 0 Å². The van der Waals surface area contributed by atoms with E-state index in [0.717, 1.165) is 58.8 Å². The van der Waals surface area contributed by atoms with Crippen molar-refractivity contribution >= 4 is 79.6 Å². The Balaban J connectivity index is 3.44. The van der Waals surface area contributed by atoms with Crippen molar-refractivity contribution in [2.45, 2.75) is 32.1 Å². The van der Waals surface area contributed by atoms with Gasteiger partial charge in [-0.3, -0.25) is 0 Å². The van der Waals surface area contributed by atoms with Crippen LogP contribution < -0.4 is 0 Å². The van der Waals surface area contributed by atoms with Crippen molar-refractivity contribution in [3.8, 4) is 0 Å². The molecule has 1 aromatic rings. The highest BCUT2D eigenvalue weighted by Gasteiger charge is 2.16. The van der Waals surface area contributed by atoms with Crippen LogP contribution in [0.4, 0.5) is 0 Å². The molecule has 1 rings (SSSR count). The van der Waals surface area contributed by atoms with E-state index in [4.69, 9.17) is 0 Å². The largest absolute Gasteiger partial charge is 0.0924 e. The first-order valence-corrected chi connectivity index (χ1v) is 12.8. The van der Waals surface area contributed by atoms with Crippen molar-refractivity contribution in [3.63, 3.8) is 0 Å². The van der Waals surface area contributed by atoms with E-state index in [1.54, 1.807) is 16.7 Å². The molecular weight excluding hydrogens is 592 g/mol. The van der Waals surface area contributed by atoms with E-state index in [9.17, 15) is 0 Å². The fraction of sp³-hybridized carbons (Fsp3) is 0.625. The third-order valence-corrected chi connectivity index (χ3v) is 5.60. The van der Waals surface area contributed by atoms with Crippen LogP contribution in [0.1, 0.15) is 27.8 Å². The van der Waals surface area contributed by atoms with E-state index in [0.29, 0.717) is 0 Å². The molecule has 1 aromatic carbocycles. The van der Waals surface area contributed by atoms with E-state index in [1.165, 1.54) is 11.1 Å². The zero-order valence-corrected chi connectivity index (χ0v) is 20.0. The second-order valence-corrected chi connectivity index (χ2v) is 8.79. The van der Waals surface area contributed by atoms with Crippen LogP contribution in [0.15, 0.2) is 6.07 Å². The first-order chi connectivity index (χ1) is 10.2. The molecule has 0 aliphatic heterocycles. The van der Waals surface area contributed by atoms with Gasteiger partial charge < -0.3 is 0 Å². The zero-order chi connectivity index (χ0) is 15.7. The van der Waals surface area contributed by atoms with Gasteiger partial charge in [0.25, 0.3) is 0 Å². The fourth-order valence-corrected chi connectivity index (χ4v) is 4.86. The molecule has 5 heteroatoms. The summed E-state index contributed by atoms with van der Waals surface area (Å²) in [5.74, 6) is 0. The molecule has 0 aliphatic carbocycles. The van der Waals surface area contributed by atoms with Gasteiger partial charge in [0.05, 0.1) is 0 Å². The Kier molecular flexibility index (Phi) is 11.9. The SMILES string of the molecule is BrCCc1cc(CCBr)c(CCBr)c(CCBr)c1CCBr. The van der Waals surface area contributed by atoms with Crippen LogP contribution in [-0.4, -0.2) is 26.7 Å². The highest BCUT2D eigenvalue weighted by atomic mass is 79.9. The molecule has 0 saturated heterocycles. The summed E-state index contributed by atoms with van der Waals surface area (Å²) in [5, 5.41) is 5.15. The Morgan fingerprint density at radius 1 is 0.476 bits per heavy atom. The van der Waals surface area contributed by atoms with Crippen molar-refractivity contribution in [2.24, 2.45) is 0 Å². The molecule has 0 fully saturated rings. The Morgan fingerprint density at radius 3 is 1.14 bits per heavy atom. The lowest BCUT2D eigenvalue weighted by molar-refractivity contribution is 0.934. The van der Waals surface area contributed by atoms with Crippen LogP contribution in [-0.2, 0) is 32.1 Å². The van der Waals surface area contributed by atoms with Crippen LogP contribution in [0.2, 0.25) is 0 Å². The first-order valence-electron chi connectivity index (χ1n) is 7.18. The van der Waals surface area contributed by atoms with Crippen LogP contribution in [0, 0.1) is 0 Å². The Labute approximate surface area is 170 Å². The van der Waals surface area contributed by atoms with Gasteiger partial charge >= 0.3 is 0 Å². The Morgan fingerprint density at radius 2 is 0.810 bits per heavy atom. The molecule has 0 spiro atoms. The predicted molar refractivity (Wildman–Crippen MR) is 114 cm³/mol. The van der Waals surface area contributed by atoms with Crippen molar-refractivity contribution in [1.82, 2.24) is 0 Å². The smallest absolute Gasteiger partial charge is 0.00720 e. The minimum Gasteiger partial charge on any atom is -0.0924 e. The normalized spacial score (nSPS) is 11.1. The molecule has 0 nitrogen and oxygen atoms in total. The minimum absolute atomic E-state index is 1.03. The summed E-state index contributed by atoms with van der Waals surface area (Å²) in [6, 6.07) is 2.45. The number of hydrogen-bond donors (Lipinski definition) is 0. The third-order valence-electron chi connectivity index (χ3n) is 3.61. The molecule has 0 N–H and O–H groups in total. The van der Waals surface area contributed by atoms with E-state index in [1.807, 2.05) is 0 Å². The molecule has 0 aliphatic rings. The summed E-state index contributed by atoms with van der Waals surface area (Å²) in [6.07, 6.45) is 5.59. The maximum atomic E-state index is 3.64. The van der Waals surface area contributed by atoms with Crippen molar-refractivity contribution < 1.29 is 0 Å². The van der Waals surface area contributed by atoms with Gasteiger partial charge in [-0.1, -0.05) is 85.7 Å². The second-order valence-electron chi connectivity index (χ2n) is 4.83. The molecular formula is C16H21Br5. The van der Waals surface area contributed by atoms with E-state index in [-0.39, 0.29) is 0 Å². The fourth-order valence-electron chi connectivity index (χ4n) is 2.81. The highest BCUT2D eigenvalue weighted by Crippen LogP contribution is 2.28. The summed E-state index contributed by atoms with van der Waals surface area (Å²) in [6.45, 7) is 0. The number of alkyl halides is 5. The van der Waals surface area contributed by atoms with Crippen LogP contribution in [0.25, 0.3) is 0 Å². The van der Waals surface area contributed by atoms with Crippen molar-refractivity contribution in [1.29, 1.82) is 0 Å². The lowest BCUT2D eigenvalue weighted by Crippen LogP contribution is -2.11. The standard InChI is InChI=1S/C16H21Br5/c17-6-1-12-11-13(2-7-18)15(4-9-20)16(5-10-21)14(12)3-8-19/h11H,1-10H2. The molecule has 0 aromatic heterocycles. The molecule has 0 saturated carbocycles. The number of aryl methyl sites for hydroxylation is 2. The van der Waals surface area contributed by atoms with Gasteiger partial charge in [-0.25, -0.2) is 0 Å². The zero-order valence-electron chi connectivity index (χ0n) is 12.0. The number of hydrogen-bond acceptors (Lipinski definition) is 0. The van der Waals surface area contributed by atoms with E-state index >= 15 is 0 Å². The minimum atomic E-state index is 1.03. The molecule has 0 unspecified atom stereocenters. The molecule has 0 heterocycles. The maximum Gasteiger partial charge on any atom is 0.00720 e. The predicted octanol–water partition coefficient (Wildman–Crippen LogP) is 6.37. The lowest BCUT2D eigenvalue weighted by atomic mass is 9.86. The molecule has 0 radical (unpaired) electrons. The van der Waals surface area contributed by atoms with Gasteiger partial charge in [0.15, 0.2) is 0 Å². The Hall–Kier alpha value is 1.62. The topological polar surface area (TPSA) is 0 Å². The number of halogens is 5. The van der Waals surface area contributed by atoms with Gasteiger partial charge in [-0.15, -0.1) is 0 Å². The van der Waals surface area contributed by atoms with E-state index in [2.05, 4.69) is 85.7 Å². The summed E-state index contributed by atoms with van der Waals surface area (Å²) >= 11 is 18.1. The highest BCUT2D eigenvalue weighted by molar-refractivity contribution is 9.09. The van der Waals surface area contributed by atoms with Gasteiger partial charge in [-0.05, 0) is 59.9 Å².